The van der Waals surface area contributed by atoms with Crippen LogP contribution in [-0.4, -0.2) is 12.7 Å². The predicted octanol–water partition coefficient (Wildman–Crippen LogP) is 1.33. The van der Waals surface area contributed by atoms with Crippen LogP contribution in [-0.2, 0) is 0 Å². The molecule has 1 saturated heterocycles. The maximum atomic E-state index is 11.2. The lowest BCUT2D eigenvalue weighted by molar-refractivity contribution is 0.250. The lowest BCUT2D eigenvalue weighted by atomic mass is 10.3. The number of hydrogen-bond donors (Lipinski definition) is 2. The highest BCUT2D eigenvalue weighted by Crippen LogP contribution is 2.18. The molecule has 4 nitrogen and oxygen atoms in total. The Morgan fingerprint density at radius 2 is 2.00 bits per heavy atom. The highest BCUT2D eigenvalue weighted by molar-refractivity contribution is 6.30. The Morgan fingerprint density at radius 1 is 1.31 bits per heavy atom. The summed E-state index contributed by atoms with van der Waals surface area (Å²) in [7, 11) is 0. The van der Waals surface area contributed by atoms with Gasteiger partial charge in [0, 0.05) is 10.7 Å². The monoisotopic (exact) mass is 197 g/mol. The molecule has 1 aromatic rings. The summed E-state index contributed by atoms with van der Waals surface area (Å²) in [6.45, 7) is 0.473. The van der Waals surface area contributed by atoms with Crippen LogP contribution in [0.5, 0.6) is 0 Å². The Bertz CT molecular complexity index is 325. The second kappa shape index (κ2) is 3.24. The Balaban J connectivity index is 2.25. The first-order chi connectivity index (χ1) is 6.27. The highest BCUT2D eigenvalue weighted by atomic mass is 35.5. The van der Waals surface area contributed by atoms with Crippen molar-refractivity contribution in [2.24, 2.45) is 0 Å². The first kappa shape index (κ1) is 8.34. The normalized spacial score (nSPS) is 16.1. The Labute approximate surface area is 80.4 Å². The van der Waals surface area contributed by atoms with Gasteiger partial charge in [0.05, 0.1) is 6.67 Å². The van der Waals surface area contributed by atoms with E-state index in [0.717, 1.165) is 5.69 Å². The molecule has 0 saturated carbocycles. The van der Waals surface area contributed by atoms with Gasteiger partial charge in [0.15, 0.2) is 0 Å². The van der Waals surface area contributed by atoms with Crippen molar-refractivity contribution in [2.75, 3.05) is 11.6 Å². The van der Waals surface area contributed by atoms with E-state index in [9.17, 15) is 4.79 Å². The largest absolute Gasteiger partial charge is 0.337 e. The molecule has 2 N–H and O–H groups in total. The number of rotatable bonds is 1. The summed E-state index contributed by atoms with van der Waals surface area (Å²) in [5.41, 5.74) is 6.04. The molecule has 5 heteroatoms. The molecule has 0 spiro atoms. The second-order valence-electron chi connectivity index (χ2n) is 2.67. The zero-order valence-electron chi connectivity index (χ0n) is 6.75. The summed E-state index contributed by atoms with van der Waals surface area (Å²) in [5.74, 6) is 0. The molecule has 68 valence electrons. The van der Waals surface area contributed by atoms with Gasteiger partial charge >= 0.3 is 6.03 Å². The number of hydrazine groups is 1. The summed E-state index contributed by atoms with van der Waals surface area (Å²) >= 11 is 5.72. The SMILES string of the molecule is O=C1NNCN1c1ccc(Cl)cc1. The molecule has 1 aliphatic heterocycles. The average Bonchev–Trinajstić information content (AvgIpc) is 2.53. The zero-order valence-corrected chi connectivity index (χ0v) is 7.51. The maximum Gasteiger partial charge on any atom is 0.337 e. The second-order valence-corrected chi connectivity index (χ2v) is 3.11. The third-order valence-corrected chi connectivity index (χ3v) is 2.07. The summed E-state index contributed by atoms with van der Waals surface area (Å²) in [4.78, 5) is 12.8. The fourth-order valence-electron chi connectivity index (χ4n) is 1.16. The first-order valence-electron chi connectivity index (χ1n) is 3.83. The van der Waals surface area contributed by atoms with E-state index < -0.39 is 0 Å². The van der Waals surface area contributed by atoms with Gasteiger partial charge in [-0.2, -0.15) is 0 Å². The van der Waals surface area contributed by atoms with Crippen molar-refractivity contribution in [3.63, 3.8) is 0 Å². The maximum absolute atomic E-state index is 11.2. The van der Waals surface area contributed by atoms with Gasteiger partial charge in [-0.15, -0.1) is 0 Å². The number of nitrogens with zero attached hydrogens (tertiary/aromatic N) is 1. The van der Waals surface area contributed by atoms with Crippen LogP contribution in [0, 0.1) is 0 Å². The van der Waals surface area contributed by atoms with E-state index in [0.29, 0.717) is 11.7 Å². The Morgan fingerprint density at radius 3 is 2.54 bits per heavy atom. The minimum atomic E-state index is -0.151. The molecule has 1 aromatic carbocycles. The van der Waals surface area contributed by atoms with Gasteiger partial charge < -0.3 is 0 Å². The van der Waals surface area contributed by atoms with Gasteiger partial charge in [-0.25, -0.2) is 10.2 Å². The van der Waals surface area contributed by atoms with Crippen LogP contribution in [0.2, 0.25) is 5.02 Å². The van der Waals surface area contributed by atoms with Crippen LogP contribution in [0.3, 0.4) is 0 Å². The van der Waals surface area contributed by atoms with Crippen molar-refractivity contribution in [1.82, 2.24) is 10.9 Å². The number of anilines is 1. The number of halogens is 1. The third-order valence-electron chi connectivity index (χ3n) is 1.82. The van der Waals surface area contributed by atoms with E-state index in [1.165, 1.54) is 0 Å². The molecule has 1 aliphatic rings. The number of urea groups is 1. The lowest BCUT2D eigenvalue weighted by Gasteiger charge is -2.12. The minimum Gasteiger partial charge on any atom is -0.279 e. The summed E-state index contributed by atoms with van der Waals surface area (Å²) in [6.07, 6.45) is 0. The number of amides is 2. The molecule has 0 aromatic heterocycles. The van der Waals surface area contributed by atoms with Crippen LogP contribution in [0.25, 0.3) is 0 Å². The number of carbonyl (C=O) groups excluding carboxylic acids is 1. The van der Waals surface area contributed by atoms with Crippen LogP contribution in [0.4, 0.5) is 10.5 Å². The molecule has 0 atom stereocenters. The molecule has 1 heterocycles. The molecule has 0 bridgehead atoms. The summed E-state index contributed by atoms with van der Waals surface area (Å²) < 4.78 is 0. The molecule has 13 heavy (non-hydrogen) atoms. The van der Waals surface area contributed by atoms with Crippen LogP contribution in [0.15, 0.2) is 24.3 Å². The van der Waals surface area contributed by atoms with Crippen molar-refractivity contribution in [3.05, 3.63) is 29.3 Å². The number of benzene rings is 1. The van der Waals surface area contributed by atoms with Crippen molar-refractivity contribution >= 4 is 23.3 Å². The number of nitrogens with one attached hydrogen (secondary N) is 2. The summed E-state index contributed by atoms with van der Waals surface area (Å²) in [6, 6.07) is 6.96. The fraction of sp³-hybridized carbons (Fsp3) is 0.125. The topological polar surface area (TPSA) is 44.4 Å². The first-order valence-corrected chi connectivity index (χ1v) is 4.21. The quantitative estimate of drug-likeness (QED) is 0.714. The van der Waals surface area contributed by atoms with Crippen LogP contribution in [0.1, 0.15) is 0 Å². The molecule has 0 unspecified atom stereocenters. The van der Waals surface area contributed by atoms with Crippen LogP contribution >= 0.6 is 11.6 Å². The third kappa shape index (κ3) is 1.59. The van der Waals surface area contributed by atoms with Crippen LogP contribution < -0.4 is 15.8 Å². The molecule has 0 aliphatic carbocycles. The van der Waals surface area contributed by atoms with E-state index in [1.807, 2.05) is 0 Å². The number of carbonyl (C=O) groups is 1. The summed E-state index contributed by atoms with van der Waals surface area (Å²) in [5, 5.41) is 0.663. The minimum absolute atomic E-state index is 0.151. The van der Waals surface area contributed by atoms with Gasteiger partial charge in [0.25, 0.3) is 0 Å². The Hall–Kier alpha value is -1.26. The smallest absolute Gasteiger partial charge is 0.279 e. The Kier molecular flexibility index (Phi) is 2.08. The molecule has 0 radical (unpaired) electrons. The lowest BCUT2D eigenvalue weighted by Crippen LogP contribution is -2.28. The van der Waals surface area contributed by atoms with Crippen molar-refractivity contribution < 1.29 is 4.79 Å². The van der Waals surface area contributed by atoms with Gasteiger partial charge in [-0.05, 0) is 24.3 Å². The van der Waals surface area contributed by atoms with Gasteiger partial charge in [-0.3, -0.25) is 10.3 Å². The van der Waals surface area contributed by atoms with Crippen molar-refractivity contribution in [1.29, 1.82) is 0 Å². The van der Waals surface area contributed by atoms with E-state index in [1.54, 1.807) is 29.2 Å². The molecule has 1 fully saturated rings. The van der Waals surface area contributed by atoms with Crippen molar-refractivity contribution in [2.45, 2.75) is 0 Å². The van der Waals surface area contributed by atoms with E-state index in [2.05, 4.69) is 10.9 Å². The van der Waals surface area contributed by atoms with E-state index >= 15 is 0 Å². The predicted molar refractivity (Wildman–Crippen MR) is 50.5 cm³/mol. The van der Waals surface area contributed by atoms with Crippen molar-refractivity contribution in [3.8, 4) is 0 Å². The van der Waals surface area contributed by atoms with Gasteiger partial charge in [-0.1, -0.05) is 11.6 Å². The standard InChI is InChI=1S/C8H8ClN3O/c9-6-1-3-7(4-2-6)12-5-10-11-8(12)13/h1-4,10H,5H2,(H,11,13). The zero-order chi connectivity index (χ0) is 9.26. The molecule has 2 rings (SSSR count). The molecule has 2 amide bonds. The average molecular weight is 198 g/mol. The van der Waals surface area contributed by atoms with E-state index in [-0.39, 0.29) is 6.03 Å². The number of hydrogen-bond acceptors (Lipinski definition) is 2. The molecular weight excluding hydrogens is 190 g/mol. The molecular formula is C8H8ClN3O. The fourth-order valence-corrected chi connectivity index (χ4v) is 1.29. The highest BCUT2D eigenvalue weighted by Gasteiger charge is 2.20. The van der Waals surface area contributed by atoms with Gasteiger partial charge in [0.2, 0.25) is 0 Å². The van der Waals surface area contributed by atoms with Gasteiger partial charge in [0.1, 0.15) is 0 Å². The van der Waals surface area contributed by atoms with E-state index in [4.69, 9.17) is 11.6 Å².